The molecule has 114 valence electrons. The quantitative estimate of drug-likeness (QED) is 0.679. The predicted octanol–water partition coefficient (Wildman–Crippen LogP) is 0.230. The van der Waals surface area contributed by atoms with E-state index in [9.17, 15) is 4.79 Å². The fourth-order valence-electron chi connectivity index (χ4n) is 2.08. The first-order chi connectivity index (χ1) is 10.2. The summed E-state index contributed by atoms with van der Waals surface area (Å²) in [5.74, 6) is -0.479. The summed E-state index contributed by atoms with van der Waals surface area (Å²) in [6.45, 7) is 1.10. The number of aryl methyl sites for hydroxylation is 3. The minimum atomic E-state index is -0.479. The number of nitrogens with zero attached hydrogens (tertiary/aromatic N) is 5. The number of methoxy groups -OCH3 is 2. The van der Waals surface area contributed by atoms with E-state index >= 15 is 0 Å². The van der Waals surface area contributed by atoms with Gasteiger partial charge in [-0.1, -0.05) is 5.21 Å². The van der Waals surface area contributed by atoms with Gasteiger partial charge < -0.3 is 9.47 Å². The summed E-state index contributed by atoms with van der Waals surface area (Å²) in [6.07, 6.45) is 3.06. The van der Waals surface area contributed by atoms with Crippen LogP contribution in [0.1, 0.15) is 21.9 Å². The zero-order chi connectivity index (χ0) is 15.2. The molecule has 8 nitrogen and oxygen atoms in total. The van der Waals surface area contributed by atoms with Crippen LogP contribution < -0.4 is 0 Å². The van der Waals surface area contributed by atoms with Crippen molar-refractivity contribution in [2.45, 2.75) is 19.4 Å². The summed E-state index contributed by atoms with van der Waals surface area (Å²) in [6, 6.07) is 1.95. The molecule has 0 aliphatic carbocycles. The van der Waals surface area contributed by atoms with Crippen LogP contribution in [0.15, 0.2) is 12.3 Å². The topological polar surface area (TPSA) is 84.1 Å². The van der Waals surface area contributed by atoms with Crippen molar-refractivity contribution in [1.82, 2.24) is 24.8 Å². The molecule has 0 saturated carbocycles. The second-order valence-electron chi connectivity index (χ2n) is 4.54. The van der Waals surface area contributed by atoms with Crippen LogP contribution in [0.5, 0.6) is 0 Å². The highest BCUT2D eigenvalue weighted by molar-refractivity contribution is 5.88. The largest absolute Gasteiger partial charge is 0.464 e. The Bertz CT molecular complexity index is 605. The predicted molar refractivity (Wildman–Crippen MR) is 73.9 cm³/mol. The fraction of sp³-hybridized carbons (Fsp3) is 0.538. The van der Waals surface area contributed by atoms with Gasteiger partial charge in [-0.3, -0.25) is 4.68 Å². The third-order valence-electron chi connectivity index (χ3n) is 3.26. The summed E-state index contributed by atoms with van der Waals surface area (Å²) in [7, 11) is 4.83. The first-order valence-corrected chi connectivity index (χ1v) is 6.63. The van der Waals surface area contributed by atoms with Gasteiger partial charge in [-0.25, -0.2) is 9.48 Å². The number of hydrogen-bond acceptors (Lipinski definition) is 6. The van der Waals surface area contributed by atoms with Crippen LogP contribution in [0.2, 0.25) is 0 Å². The molecule has 0 N–H and O–H groups in total. The standard InChI is InChI=1S/C13H19N5O3/c1-17-10(4-7-14-17)5-8-18-11(6-9-20-2)12(15-16-18)13(19)21-3/h4,7H,5-6,8-9H2,1-3H3. The lowest BCUT2D eigenvalue weighted by Gasteiger charge is -2.07. The monoisotopic (exact) mass is 293 g/mol. The molecule has 2 rings (SSSR count). The Morgan fingerprint density at radius 1 is 1.33 bits per heavy atom. The highest BCUT2D eigenvalue weighted by atomic mass is 16.5. The number of aromatic nitrogens is 5. The Morgan fingerprint density at radius 3 is 2.76 bits per heavy atom. The van der Waals surface area contributed by atoms with E-state index in [0.29, 0.717) is 19.6 Å². The Morgan fingerprint density at radius 2 is 2.14 bits per heavy atom. The SMILES string of the molecule is COCCc1c(C(=O)OC)nnn1CCc1ccnn1C. The summed E-state index contributed by atoms with van der Waals surface area (Å²) < 4.78 is 13.3. The van der Waals surface area contributed by atoms with Gasteiger partial charge in [-0.2, -0.15) is 5.10 Å². The minimum absolute atomic E-state index is 0.250. The fourth-order valence-corrected chi connectivity index (χ4v) is 2.08. The van der Waals surface area contributed by atoms with Crippen molar-refractivity contribution in [2.75, 3.05) is 20.8 Å². The summed E-state index contributed by atoms with van der Waals surface area (Å²) in [4.78, 5) is 11.7. The molecule has 2 aromatic heterocycles. The van der Waals surface area contributed by atoms with Gasteiger partial charge in [0.2, 0.25) is 0 Å². The molecule has 0 aliphatic heterocycles. The Hall–Kier alpha value is -2.22. The van der Waals surface area contributed by atoms with Gasteiger partial charge in [0.15, 0.2) is 5.69 Å². The maximum absolute atomic E-state index is 11.7. The smallest absolute Gasteiger partial charge is 0.360 e. The van der Waals surface area contributed by atoms with Crippen molar-refractivity contribution >= 4 is 5.97 Å². The van der Waals surface area contributed by atoms with Crippen molar-refractivity contribution in [1.29, 1.82) is 0 Å². The van der Waals surface area contributed by atoms with Gasteiger partial charge in [0.25, 0.3) is 0 Å². The highest BCUT2D eigenvalue weighted by Gasteiger charge is 2.20. The first kappa shape index (κ1) is 15.2. The lowest BCUT2D eigenvalue weighted by molar-refractivity contribution is 0.0592. The summed E-state index contributed by atoms with van der Waals surface area (Å²) in [5, 5.41) is 12.1. The average molecular weight is 293 g/mol. The second kappa shape index (κ2) is 6.98. The maximum atomic E-state index is 11.7. The number of ether oxygens (including phenoxy) is 2. The number of rotatable bonds is 7. The molecule has 0 unspecified atom stereocenters. The molecule has 2 aromatic rings. The van der Waals surface area contributed by atoms with Crippen LogP contribution in [-0.2, 0) is 35.9 Å². The van der Waals surface area contributed by atoms with Crippen LogP contribution in [0.4, 0.5) is 0 Å². The van der Waals surface area contributed by atoms with Crippen molar-refractivity contribution < 1.29 is 14.3 Å². The van der Waals surface area contributed by atoms with Gasteiger partial charge >= 0.3 is 5.97 Å². The molecule has 21 heavy (non-hydrogen) atoms. The Labute approximate surface area is 122 Å². The lowest BCUT2D eigenvalue weighted by atomic mass is 10.2. The number of carbonyl (C=O) groups excluding carboxylic acids is 1. The minimum Gasteiger partial charge on any atom is -0.464 e. The van der Waals surface area contributed by atoms with Gasteiger partial charge in [-0.05, 0) is 6.07 Å². The van der Waals surface area contributed by atoms with E-state index in [1.807, 2.05) is 17.8 Å². The molecule has 8 heteroatoms. The molecular weight excluding hydrogens is 274 g/mol. The zero-order valence-corrected chi connectivity index (χ0v) is 12.4. The third-order valence-corrected chi connectivity index (χ3v) is 3.26. The van der Waals surface area contributed by atoms with Gasteiger partial charge in [0, 0.05) is 45.4 Å². The molecule has 0 atom stereocenters. The van der Waals surface area contributed by atoms with Crippen LogP contribution in [0.25, 0.3) is 0 Å². The van der Waals surface area contributed by atoms with Gasteiger partial charge in [0.1, 0.15) is 0 Å². The molecule has 0 radical (unpaired) electrons. The molecule has 0 aliphatic rings. The van der Waals surface area contributed by atoms with Crippen molar-refractivity contribution in [3.05, 3.63) is 29.3 Å². The van der Waals surface area contributed by atoms with Crippen LogP contribution in [0.3, 0.4) is 0 Å². The van der Waals surface area contributed by atoms with E-state index < -0.39 is 5.97 Å². The molecule has 0 spiro atoms. The molecule has 0 fully saturated rings. The molecular formula is C13H19N5O3. The molecule has 2 heterocycles. The van der Waals surface area contributed by atoms with E-state index in [4.69, 9.17) is 9.47 Å². The van der Waals surface area contributed by atoms with Gasteiger partial charge in [0.05, 0.1) is 19.4 Å². The Kier molecular flexibility index (Phi) is 5.04. The second-order valence-corrected chi connectivity index (χ2v) is 4.54. The summed E-state index contributed by atoms with van der Waals surface area (Å²) in [5.41, 5.74) is 2.06. The lowest BCUT2D eigenvalue weighted by Crippen LogP contribution is -2.14. The number of hydrogen-bond donors (Lipinski definition) is 0. The van der Waals surface area contributed by atoms with E-state index in [0.717, 1.165) is 17.8 Å². The third kappa shape index (κ3) is 3.46. The number of carbonyl (C=O) groups is 1. The number of esters is 1. The summed E-state index contributed by atoms with van der Waals surface area (Å²) >= 11 is 0. The van der Waals surface area contributed by atoms with E-state index in [1.165, 1.54) is 7.11 Å². The molecule has 0 saturated heterocycles. The van der Waals surface area contributed by atoms with Crippen molar-refractivity contribution in [2.24, 2.45) is 7.05 Å². The maximum Gasteiger partial charge on any atom is 0.360 e. The van der Waals surface area contributed by atoms with Crippen molar-refractivity contribution in [3.8, 4) is 0 Å². The van der Waals surface area contributed by atoms with Crippen molar-refractivity contribution in [3.63, 3.8) is 0 Å². The Balaban J connectivity index is 2.16. The van der Waals surface area contributed by atoms with Crippen LogP contribution >= 0.6 is 0 Å². The van der Waals surface area contributed by atoms with Gasteiger partial charge in [-0.15, -0.1) is 5.10 Å². The molecule has 0 bridgehead atoms. The molecule has 0 amide bonds. The molecule has 0 aromatic carbocycles. The zero-order valence-electron chi connectivity index (χ0n) is 12.4. The highest BCUT2D eigenvalue weighted by Crippen LogP contribution is 2.10. The average Bonchev–Trinajstić information content (AvgIpc) is 3.08. The van der Waals surface area contributed by atoms with E-state index in [-0.39, 0.29) is 5.69 Å². The van der Waals surface area contributed by atoms with Crippen LogP contribution in [-0.4, -0.2) is 51.6 Å². The van der Waals surface area contributed by atoms with E-state index in [2.05, 4.69) is 15.4 Å². The van der Waals surface area contributed by atoms with Crippen LogP contribution in [0, 0.1) is 0 Å². The first-order valence-electron chi connectivity index (χ1n) is 6.63. The van der Waals surface area contributed by atoms with E-state index in [1.54, 1.807) is 18.0 Å². The normalized spacial score (nSPS) is 10.8.